The second-order valence-electron chi connectivity index (χ2n) is 6.42. The zero-order valence-electron chi connectivity index (χ0n) is 15.6. The lowest BCUT2D eigenvalue weighted by atomic mass is 10.2. The molecule has 3 aromatic rings. The first-order chi connectivity index (χ1) is 13.5. The molecule has 10 heteroatoms. The van der Waals surface area contributed by atoms with Gasteiger partial charge in [0.05, 0.1) is 13.1 Å². The summed E-state index contributed by atoms with van der Waals surface area (Å²) in [6, 6.07) is 7.40. The first kappa shape index (κ1) is 17.8. The Morgan fingerprint density at radius 3 is 2.89 bits per heavy atom. The van der Waals surface area contributed by atoms with Crippen LogP contribution < -0.4 is 20.5 Å². The van der Waals surface area contributed by atoms with Crippen LogP contribution in [0.2, 0.25) is 0 Å². The Morgan fingerprint density at radius 1 is 1.21 bits per heavy atom. The number of aromatic nitrogens is 4. The number of fused-ring (bicyclic) bond motifs is 3. The summed E-state index contributed by atoms with van der Waals surface area (Å²) in [6.45, 7) is 0.754. The van der Waals surface area contributed by atoms with Gasteiger partial charge >= 0.3 is 11.7 Å². The van der Waals surface area contributed by atoms with Crippen LogP contribution in [0, 0.1) is 0 Å². The van der Waals surface area contributed by atoms with Crippen molar-refractivity contribution in [3.05, 3.63) is 40.3 Å². The van der Waals surface area contributed by atoms with Gasteiger partial charge in [-0.25, -0.2) is 4.79 Å². The molecule has 4 rings (SSSR count). The Morgan fingerprint density at radius 2 is 2.07 bits per heavy atom. The molecule has 0 atom stereocenters. The number of nitrogens with zero attached hydrogens (tertiary/aromatic N) is 4. The first-order valence-corrected chi connectivity index (χ1v) is 8.82. The highest BCUT2D eigenvalue weighted by atomic mass is 16.5. The minimum atomic E-state index is -0.302. The number of imidazole rings is 1. The summed E-state index contributed by atoms with van der Waals surface area (Å²) in [6.07, 6.45) is 0. The quantitative estimate of drug-likeness (QED) is 0.626. The Hall–Kier alpha value is -3.56. The summed E-state index contributed by atoms with van der Waals surface area (Å²) < 4.78 is 12.8. The number of carbonyl (C=O) groups is 1. The Kier molecular flexibility index (Phi) is 4.60. The van der Waals surface area contributed by atoms with Gasteiger partial charge in [0.15, 0.2) is 18.1 Å². The molecule has 1 aliphatic heterocycles. The molecular weight excluding hydrogens is 364 g/mol. The fraction of sp³-hybridized carbons (Fsp3) is 0.333. The monoisotopic (exact) mass is 384 g/mol. The number of rotatable bonds is 1. The van der Waals surface area contributed by atoms with Crippen molar-refractivity contribution in [1.82, 2.24) is 24.4 Å². The van der Waals surface area contributed by atoms with E-state index in [2.05, 4.69) is 20.3 Å². The van der Waals surface area contributed by atoms with Gasteiger partial charge in [0.25, 0.3) is 5.91 Å². The van der Waals surface area contributed by atoms with Crippen LogP contribution in [-0.2, 0) is 11.3 Å². The lowest BCUT2D eigenvalue weighted by molar-refractivity contribution is -0.132. The van der Waals surface area contributed by atoms with Crippen LogP contribution in [0.1, 0.15) is 5.56 Å². The zero-order chi connectivity index (χ0) is 19.7. The standard InChI is InChI=1S/C18H20N6O4/c1-19-15-14-16-22-17(21-15)27-7-6-23(2)13(25)10-28-12-5-3-4-11(8-12)9-24(16)18(26)20-14/h3-5,8H,6-7,9-10H2,1-2H3,(H,20,26)(H,19,21,22). The summed E-state index contributed by atoms with van der Waals surface area (Å²) in [5.41, 5.74) is 1.47. The van der Waals surface area contributed by atoms with Gasteiger partial charge in [-0.1, -0.05) is 12.1 Å². The number of H-pyrrole nitrogens is 1. The number of benzene rings is 1. The van der Waals surface area contributed by atoms with Gasteiger partial charge in [-0.05, 0) is 17.7 Å². The van der Waals surface area contributed by atoms with E-state index in [0.29, 0.717) is 29.3 Å². The smallest absolute Gasteiger partial charge is 0.328 e. The summed E-state index contributed by atoms with van der Waals surface area (Å²) in [5.74, 6) is 0.852. The van der Waals surface area contributed by atoms with E-state index in [-0.39, 0.29) is 37.4 Å². The summed E-state index contributed by atoms with van der Waals surface area (Å²) in [7, 11) is 3.38. The van der Waals surface area contributed by atoms with Gasteiger partial charge in [-0.2, -0.15) is 9.97 Å². The van der Waals surface area contributed by atoms with Crippen molar-refractivity contribution in [1.29, 1.82) is 0 Å². The average Bonchev–Trinajstić information content (AvgIpc) is 3.00. The van der Waals surface area contributed by atoms with Crippen LogP contribution >= 0.6 is 0 Å². The number of nitrogens with one attached hydrogen (secondary N) is 2. The van der Waals surface area contributed by atoms with Crippen molar-refractivity contribution in [2.45, 2.75) is 6.54 Å². The molecule has 2 N–H and O–H groups in total. The van der Waals surface area contributed by atoms with Crippen molar-refractivity contribution in [2.24, 2.45) is 0 Å². The number of likely N-dealkylation sites (N-methyl/N-ethyl adjacent to an activating group) is 1. The van der Waals surface area contributed by atoms with Gasteiger partial charge in [0.1, 0.15) is 17.9 Å². The molecule has 0 radical (unpaired) electrons. The SMILES string of the molecule is CNc1nc2nc3c1[nH]c(=O)n3Cc1cccc(c1)OCC(=O)N(C)CCO2. The van der Waals surface area contributed by atoms with E-state index < -0.39 is 0 Å². The first-order valence-electron chi connectivity index (χ1n) is 8.82. The van der Waals surface area contributed by atoms with Gasteiger partial charge in [0.2, 0.25) is 0 Å². The third-order valence-corrected chi connectivity index (χ3v) is 4.52. The predicted octanol–water partition coefficient (Wildman–Crippen LogP) is 0.439. The molecule has 2 aromatic heterocycles. The maximum atomic E-state index is 12.5. The van der Waals surface area contributed by atoms with E-state index in [0.717, 1.165) is 5.56 Å². The van der Waals surface area contributed by atoms with Crippen LogP contribution in [-0.4, -0.2) is 64.2 Å². The molecule has 0 aliphatic carbocycles. The molecule has 0 saturated carbocycles. The zero-order valence-corrected chi connectivity index (χ0v) is 15.6. The van der Waals surface area contributed by atoms with Gasteiger partial charge in [-0.3, -0.25) is 9.36 Å². The molecule has 3 heterocycles. The normalized spacial score (nSPS) is 14.9. The molecule has 10 nitrogen and oxygen atoms in total. The lowest BCUT2D eigenvalue weighted by Crippen LogP contribution is -2.34. The summed E-state index contributed by atoms with van der Waals surface area (Å²) in [4.78, 5) is 37.8. The van der Waals surface area contributed by atoms with Crippen molar-refractivity contribution >= 4 is 22.9 Å². The van der Waals surface area contributed by atoms with Gasteiger partial charge < -0.3 is 24.7 Å². The average molecular weight is 384 g/mol. The highest BCUT2D eigenvalue weighted by molar-refractivity contribution is 5.83. The Labute approximate surface area is 160 Å². The van der Waals surface area contributed by atoms with Crippen LogP contribution in [0.3, 0.4) is 0 Å². The van der Waals surface area contributed by atoms with Crippen molar-refractivity contribution in [2.75, 3.05) is 39.2 Å². The van der Waals surface area contributed by atoms with E-state index in [1.54, 1.807) is 26.2 Å². The lowest BCUT2D eigenvalue weighted by Gasteiger charge is -2.17. The van der Waals surface area contributed by atoms with Crippen LogP contribution in [0.4, 0.5) is 5.82 Å². The topological polar surface area (TPSA) is 114 Å². The number of hydrogen-bond acceptors (Lipinski definition) is 7. The number of aromatic amines is 1. The number of amides is 1. The second-order valence-corrected chi connectivity index (χ2v) is 6.42. The Balaban J connectivity index is 1.83. The molecular formula is C18H20N6O4. The molecule has 4 bridgehead atoms. The van der Waals surface area contributed by atoms with E-state index in [4.69, 9.17) is 9.47 Å². The van der Waals surface area contributed by atoms with E-state index in [9.17, 15) is 9.59 Å². The number of carbonyl (C=O) groups excluding carboxylic acids is 1. The fourth-order valence-electron chi connectivity index (χ4n) is 2.97. The molecule has 1 aliphatic rings. The number of ether oxygens (including phenoxy) is 2. The third kappa shape index (κ3) is 3.36. The van der Waals surface area contributed by atoms with Crippen molar-refractivity contribution in [3.8, 4) is 11.8 Å². The molecule has 1 amide bonds. The molecule has 28 heavy (non-hydrogen) atoms. The molecule has 1 aromatic carbocycles. The van der Waals surface area contributed by atoms with E-state index in [1.807, 2.05) is 12.1 Å². The second kappa shape index (κ2) is 7.22. The Bertz CT molecular complexity index is 1090. The fourth-order valence-corrected chi connectivity index (χ4v) is 2.97. The molecule has 0 fully saturated rings. The summed E-state index contributed by atoms with van der Waals surface area (Å²) >= 11 is 0. The van der Waals surface area contributed by atoms with Crippen molar-refractivity contribution in [3.63, 3.8) is 0 Å². The van der Waals surface area contributed by atoms with E-state index in [1.165, 1.54) is 9.47 Å². The highest BCUT2D eigenvalue weighted by Gasteiger charge is 2.17. The highest BCUT2D eigenvalue weighted by Crippen LogP contribution is 2.21. The molecule has 0 unspecified atom stereocenters. The maximum absolute atomic E-state index is 12.5. The van der Waals surface area contributed by atoms with Crippen LogP contribution in [0.25, 0.3) is 11.2 Å². The largest absolute Gasteiger partial charge is 0.484 e. The van der Waals surface area contributed by atoms with Crippen LogP contribution in [0.5, 0.6) is 11.8 Å². The molecule has 0 saturated heterocycles. The van der Waals surface area contributed by atoms with Gasteiger partial charge in [-0.15, -0.1) is 0 Å². The molecule has 146 valence electrons. The van der Waals surface area contributed by atoms with E-state index >= 15 is 0 Å². The number of hydrogen-bond donors (Lipinski definition) is 2. The number of anilines is 1. The van der Waals surface area contributed by atoms with Crippen LogP contribution in [0.15, 0.2) is 29.1 Å². The summed E-state index contributed by atoms with van der Waals surface area (Å²) in [5, 5.41) is 2.95. The van der Waals surface area contributed by atoms with Crippen molar-refractivity contribution < 1.29 is 14.3 Å². The molecule has 0 spiro atoms. The minimum absolute atomic E-state index is 0.0809. The third-order valence-electron chi connectivity index (χ3n) is 4.52. The minimum Gasteiger partial charge on any atom is -0.484 e. The maximum Gasteiger partial charge on any atom is 0.328 e. The van der Waals surface area contributed by atoms with Gasteiger partial charge in [0, 0.05) is 14.1 Å². The predicted molar refractivity (Wildman–Crippen MR) is 102 cm³/mol.